The second kappa shape index (κ2) is 3.31. The van der Waals surface area contributed by atoms with Gasteiger partial charge < -0.3 is 0 Å². The molecule has 0 bridgehead atoms. The van der Waals surface area contributed by atoms with Crippen molar-refractivity contribution >= 4 is 21.7 Å². The first kappa shape index (κ1) is 9.34. The molecule has 0 aliphatic carbocycles. The van der Waals surface area contributed by atoms with E-state index in [1.165, 1.54) is 21.7 Å². The van der Waals surface area contributed by atoms with E-state index in [1.54, 1.807) is 0 Å². The summed E-state index contributed by atoms with van der Waals surface area (Å²) in [4.78, 5) is 4.63. The molecule has 0 atom stereocenters. The Balaban J connectivity index is 2.55. The zero-order valence-corrected chi connectivity index (χ0v) is 9.49. The Morgan fingerprint density at radius 2 is 1.69 bits per heavy atom. The van der Waals surface area contributed by atoms with Gasteiger partial charge in [-0.05, 0) is 42.3 Å². The molecule has 0 N–H and O–H groups in total. The lowest BCUT2D eigenvalue weighted by Gasteiger charge is -2.06. The predicted octanol–water partition coefficient (Wildman–Crippen LogP) is 4.00. The highest BCUT2D eigenvalue weighted by Crippen LogP contribution is 2.25. The van der Waals surface area contributed by atoms with Crippen LogP contribution in [0.2, 0.25) is 0 Å². The topological polar surface area (TPSA) is 12.9 Å². The first-order valence-electron chi connectivity index (χ1n) is 5.51. The van der Waals surface area contributed by atoms with Crippen LogP contribution in [0.15, 0.2) is 42.5 Å². The second-order valence-electron chi connectivity index (χ2n) is 4.24. The van der Waals surface area contributed by atoms with Gasteiger partial charge in [0, 0.05) is 11.1 Å². The fourth-order valence-corrected chi connectivity index (χ4v) is 2.12. The zero-order chi connectivity index (χ0) is 11.1. The molecule has 0 fully saturated rings. The Labute approximate surface area is 94.7 Å². The fraction of sp³-hybridized carbons (Fsp3) is 0.133. The highest BCUT2D eigenvalue weighted by Gasteiger charge is 2.03. The molecular formula is C15H13N. The third-order valence-corrected chi connectivity index (χ3v) is 3.17. The molecule has 1 heterocycles. The van der Waals surface area contributed by atoms with E-state index in [0.717, 1.165) is 11.2 Å². The summed E-state index contributed by atoms with van der Waals surface area (Å²) in [6, 6.07) is 14.9. The largest absolute Gasteiger partial charge is 0.253 e. The van der Waals surface area contributed by atoms with Gasteiger partial charge in [-0.15, -0.1) is 0 Å². The van der Waals surface area contributed by atoms with Gasteiger partial charge in [0.05, 0.1) is 5.52 Å². The number of hydrogen-bond donors (Lipinski definition) is 0. The summed E-state index contributed by atoms with van der Waals surface area (Å²) in [5.74, 6) is 0. The minimum Gasteiger partial charge on any atom is -0.253 e. The first-order valence-corrected chi connectivity index (χ1v) is 5.51. The van der Waals surface area contributed by atoms with E-state index >= 15 is 0 Å². The number of rotatable bonds is 0. The molecule has 2 aromatic carbocycles. The van der Waals surface area contributed by atoms with E-state index < -0.39 is 0 Å². The maximum Gasteiger partial charge on any atom is 0.0711 e. The quantitative estimate of drug-likeness (QED) is 0.508. The lowest BCUT2D eigenvalue weighted by molar-refractivity contribution is 1.20. The highest BCUT2D eigenvalue weighted by atomic mass is 14.7. The van der Waals surface area contributed by atoms with Gasteiger partial charge >= 0.3 is 0 Å². The zero-order valence-electron chi connectivity index (χ0n) is 9.49. The van der Waals surface area contributed by atoms with Gasteiger partial charge in [-0.1, -0.05) is 30.3 Å². The van der Waals surface area contributed by atoms with Crippen molar-refractivity contribution in [2.45, 2.75) is 13.8 Å². The van der Waals surface area contributed by atoms with Gasteiger partial charge in [0.1, 0.15) is 0 Å². The Hall–Kier alpha value is -1.89. The summed E-state index contributed by atoms with van der Waals surface area (Å²) in [5.41, 5.74) is 3.45. The van der Waals surface area contributed by atoms with Crippen LogP contribution in [0.4, 0.5) is 0 Å². The van der Waals surface area contributed by atoms with Crippen molar-refractivity contribution < 1.29 is 0 Å². The summed E-state index contributed by atoms with van der Waals surface area (Å²) in [6.45, 7) is 4.17. The van der Waals surface area contributed by atoms with Gasteiger partial charge in [-0.2, -0.15) is 0 Å². The molecule has 0 amide bonds. The van der Waals surface area contributed by atoms with E-state index in [4.69, 9.17) is 0 Å². The van der Waals surface area contributed by atoms with Crippen LogP contribution in [0, 0.1) is 13.8 Å². The van der Waals surface area contributed by atoms with Crippen molar-refractivity contribution in [1.82, 2.24) is 4.98 Å². The van der Waals surface area contributed by atoms with Crippen molar-refractivity contribution in [3.05, 3.63) is 53.7 Å². The number of aromatic nitrogens is 1. The second-order valence-corrected chi connectivity index (χ2v) is 4.24. The molecule has 0 spiro atoms. The SMILES string of the molecule is Cc1cc2c(ccc3ccccc32)nc1C. The van der Waals surface area contributed by atoms with Crippen molar-refractivity contribution in [2.24, 2.45) is 0 Å². The van der Waals surface area contributed by atoms with E-state index in [9.17, 15) is 0 Å². The highest BCUT2D eigenvalue weighted by molar-refractivity contribution is 6.06. The van der Waals surface area contributed by atoms with Crippen molar-refractivity contribution in [1.29, 1.82) is 0 Å². The average molecular weight is 207 g/mol. The molecular weight excluding hydrogens is 194 g/mol. The molecule has 1 nitrogen and oxygen atoms in total. The Morgan fingerprint density at radius 1 is 0.875 bits per heavy atom. The normalized spacial score (nSPS) is 11.1. The summed E-state index contributed by atoms with van der Waals surface area (Å²) in [5, 5.41) is 3.82. The van der Waals surface area contributed by atoms with Crippen molar-refractivity contribution in [3.8, 4) is 0 Å². The number of pyridine rings is 1. The molecule has 0 aliphatic rings. The molecule has 3 rings (SSSR count). The Kier molecular flexibility index (Phi) is 1.93. The number of benzene rings is 2. The number of aryl methyl sites for hydroxylation is 2. The van der Waals surface area contributed by atoms with Gasteiger partial charge in [0.25, 0.3) is 0 Å². The van der Waals surface area contributed by atoms with E-state index in [2.05, 4.69) is 61.3 Å². The van der Waals surface area contributed by atoms with Crippen LogP contribution in [0.5, 0.6) is 0 Å². The van der Waals surface area contributed by atoms with Crippen molar-refractivity contribution in [2.75, 3.05) is 0 Å². The number of hydrogen-bond acceptors (Lipinski definition) is 1. The molecule has 16 heavy (non-hydrogen) atoms. The molecule has 0 radical (unpaired) electrons. The molecule has 0 unspecified atom stereocenters. The van der Waals surface area contributed by atoms with Crippen LogP contribution < -0.4 is 0 Å². The summed E-state index contributed by atoms with van der Waals surface area (Å²) in [7, 11) is 0. The molecule has 3 aromatic rings. The van der Waals surface area contributed by atoms with Gasteiger partial charge in [0.2, 0.25) is 0 Å². The predicted molar refractivity (Wildman–Crippen MR) is 68.7 cm³/mol. The van der Waals surface area contributed by atoms with E-state index in [-0.39, 0.29) is 0 Å². The smallest absolute Gasteiger partial charge is 0.0711 e. The number of fused-ring (bicyclic) bond motifs is 3. The monoisotopic (exact) mass is 207 g/mol. The van der Waals surface area contributed by atoms with E-state index in [1.807, 2.05) is 0 Å². The standard InChI is InChI=1S/C15H13N/c1-10-9-14-13-6-4-3-5-12(13)7-8-15(14)16-11(10)2/h3-9H,1-2H3. The minimum atomic E-state index is 1.08. The molecule has 0 saturated heterocycles. The van der Waals surface area contributed by atoms with Crippen molar-refractivity contribution in [3.63, 3.8) is 0 Å². The van der Waals surface area contributed by atoms with Gasteiger partial charge in [-0.25, -0.2) is 0 Å². The summed E-state index contributed by atoms with van der Waals surface area (Å²) < 4.78 is 0. The number of nitrogens with zero attached hydrogens (tertiary/aromatic N) is 1. The van der Waals surface area contributed by atoms with Crippen LogP contribution in [0.1, 0.15) is 11.3 Å². The molecule has 0 saturated carbocycles. The van der Waals surface area contributed by atoms with Gasteiger partial charge in [0.15, 0.2) is 0 Å². The van der Waals surface area contributed by atoms with Crippen LogP contribution >= 0.6 is 0 Å². The van der Waals surface area contributed by atoms with Crippen LogP contribution in [-0.2, 0) is 0 Å². The fourth-order valence-electron chi connectivity index (χ4n) is 2.12. The Bertz CT molecular complexity index is 683. The third kappa shape index (κ3) is 1.28. The molecule has 1 heteroatoms. The first-order chi connectivity index (χ1) is 7.75. The maximum absolute atomic E-state index is 4.63. The average Bonchev–Trinajstić information content (AvgIpc) is 2.31. The molecule has 1 aromatic heterocycles. The lowest BCUT2D eigenvalue weighted by Crippen LogP contribution is -1.88. The van der Waals surface area contributed by atoms with Crippen LogP contribution in [-0.4, -0.2) is 4.98 Å². The van der Waals surface area contributed by atoms with E-state index in [0.29, 0.717) is 0 Å². The third-order valence-electron chi connectivity index (χ3n) is 3.17. The minimum absolute atomic E-state index is 1.08. The summed E-state index contributed by atoms with van der Waals surface area (Å²) in [6.07, 6.45) is 0. The summed E-state index contributed by atoms with van der Waals surface area (Å²) >= 11 is 0. The van der Waals surface area contributed by atoms with Crippen LogP contribution in [0.25, 0.3) is 21.7 Å². The maximum atomic E-state index is 4.63. The van der Waals surface area contributed by atoms with Crippen LogP contribution in [0.3, 0.4) is 0 Å². The van der Waals surface area contributed by atoms with Gasteiger partial charge in [-0.3, -0.25) is 4.98 Å². The molecule has 78 valence electrons. The Morgan fingerprint density at radius 3 is 2.56 bits per heavy atom. The molecule has 0 aliphatic heterocycles. The lowest BCUT2D eigenvalue weighted by atomic mass is 10.0.